The lowest BCUT2D eigenvalue weighted by atomic mass is 9.86. The lowest BCUT2D eigenvalue weighted by molar-refractivity contribution is -0.157. The Hall–Kier alpha value is -6.12. The fourth-order valence-corrected chi connectivity index (χ4v) is 10.4. The summed E-state index contributed by atoms with van der Waals surface area (Å²) >= 11 is 11.7. The van der Waals surface area contributed by atoms with E-state index in [9.17, 15) is 9.59 Å². The molecule has 292 valence electrons. The van der Waals surface area contributed by atoms with Crippen LogP contribution >= 0.6 is 24.4 Å². The van der Waals surface area contributed by atoms with E-state index >= 15 is 0 Å². The molecular weight excluding hydrogens is 773 g/mol. The molecule has 2 saturated heterocycles. The Bertz CT molecular complexity index is 2560. The summed E-state index contributed by atoms with van der Waals surface area (Å²) in [6, 6.07) is 27.6. The number of piperazine rings is 2. The van der Waals surface area contributed by atoms with Crippen LogP contribution in [-0.4, -0.2) is 104 Å². The summed E-state index contributed by atoms with van der Waals surface area (Å²) in [5.74, 6) is 2.85. The molecule has 0 aliphatic carbocycles. The second-order valence-corrected chi connectivity index (χ2v) is 16.5. The molecule has 2 fully saturated rings. The van der Waals surface area contributed by atoms with Gasteiger partial charge in [0, 0.05) is 60.1 Å². The lowest BCUT2D eigenvalue weighted by Crippen LogP contribution is -2.62. The minimum atomic E-state index is -0.511. The van der Waals surface area contributed by atoms with Crippen LogP contribution in [0.3, 0.4) is 0 Å². The fourth-order valence-electron chi connectivity index (χ4n) is 9.67. The lowest BCUT2D eigenvalue weighted by Gasteiger charge is -2.49. The number of H-pyrrole nitrogens is 2. The van der Waals surface area contributed by atoms with E-state index in [1.807, 2.05) is 49.5 Å². The molecule has 4 aromatic carbocycles. The van der Waals surface area contributed by atoms with Crippen molar-refractivity contribution >= 4 is 68.0 Å². The number of para-hydroxylation sites is 2. The van der Waals surface area contributed by atoms with E-state index in [1.54, 1.807) is 11.9 Å². The van der Waals surface area contributed by atoms with E-state index in [2.05, 4.69) is 62.2 Å². The van der Waals surface area contributed by atoms with Crippen molar-refractivity contribution < 1.29 is 28.5 Å². The first-order valence-corrected chi connectivity index (χ1v) is 20.2. The summed E-state index contributed by atoms with van der Waals surface area (Å²) in [4.78, 5) is 42.9. The van der Waals surface area contributed by atoms with Crippen molar-refractivity contribution in [2.45, 2.75) is 37.0 Å². The van der Waals surface area contributed by atoms with Gasteiger partial charge in [0.2, 0.25) is 25.4 Å². The molecule has 4 atom stereocenters. The van der Waals surface area contributed by atoms with Crippen molar-refractivity contribution in [2.75, 3.05) is 40.8 Å². The maximum Gasteiger partial charge on any atom is 0.245 e. The standard InChI is InChI=1S/C22H19N3O4.C22H19N3O2S2/c1-24-10-19(26)25-16(22(24)27)9-14-13-4-2-3-5-15(13)23-20(14)21(25)12-6-7-17-18(8-12)29-11-28-17;1-24-10-19(28)25-16(22(24)29)9-14-13-4-2-3-5-15(13)23-20(14)21(25)12-6-7-17-18(8-12)27-11-26-17/h2*2-8,16,21,23H,9-11H2,1H3/t2*16-,21-/m11/s1. The van der Waals surface area contributed by atoms with Gasteiger partial charge in [-0.2, -0.15) is 0 Å². The van der Waals surface area contributed by atoms with Gasteiger partial charge >= 0.3 is 0 Å². The zero-order valence-corrected chi connectivity index (χ0v) is 33.3. The van der Waals surface area contributed by atoms with Crippen LogP contribution in [0.25, 0.3) is 21.8 Å². The average molecular weight is 811 g/mol. The molecule has 0 bridgehead atoms. The van der Waals surface area contributed by atoms with Gasteiger partial charge in [-0.05, 0) is 58.7 Å². The first-order chi connectivity index (χ1) is 28.2. The van der Waals surface area contributed by atoms with Crippen molar-refractivity contribution in [1.82, 2.24) is 29.6 Å². The molecule has 14 heteroatoms. The number of nitrogens with zero attached hydrogens (tertiary/aromatic N) is 4. The largest absolute Gasteiger partial charge is 0.454 e. The molecule has 6 aliphatic rings. The minimum absolute atomic E-state index is 0.0220. The number of rotatable bonds is 2. The van der Waals surface area contributed by atoms with Gasteiger partial charge in [-0.3, -0.25) is 9.59 Å². The van der Waals surface area contributed by atoms with Gasteiger partial charge in [-0.1, -0.05) is 73.0 Å². The summed E-state index contributed by atoms with van der Waals surface area (Å²) in [5.41, 5.74) is 8.76. The molecule has 2 N–H and O–H groups in total. The van der Waals surface area contributed by atoms with Gasteiger partial charge in [0.1, 0.15) is 11.0 Å². The smallest absolute Gasteiger partial charge is 0.245 e. The third-order valence-corrected chi connectivity index (χ3v) is 13.3. The number of carbonyl (C=O) groups excluding carboxylic acids is 2. The number of hydrogen-bond donors (Lipinski definition) is 2. The van der Waals surface area contributed by atoms with Crippen LogP contribution < -0.4 is 18.9 Å². The monoisotopic (exact) mass is 810 g/mol. The Kier molecular flexibility index (Phi) is 7.99. The second-order valence-electron chi connectivity index (χ2n) is 15.6. The molecule has 2 amide bonds. The van der Waals surface area contributed by atoms with Crippen LogP contribution in [0.15, 0.2) is 84.9 Å². The first kappa shape index (κ1) is 35.1. The summed E-state index contributed by atoms with van der Waals surface area (Å²) in [6.45, 7) is 1.21. The molecule has 6 aliphatic heterocycles. The molecular formula is C44H38N6O6S2. The number of aromatic nitrogens is 2. The van der Waals surface area contributed by atoms with Crippen LogP contribution in [0, 0.1) is 0 Å². The third-order valence-electron chi connectivity index (χ3n) is 12.3. The maximum atomic E-state index is 13.1. The highest BCUT2D eigenvalue weighted by Crippen LogP contribution is 2.47. The van der Waals surface area contributed by atoms with E-state index in [-0.39, 0.29) is 50.1 Å². The van der Waals surface area contributed by atoms with Crippen molar-refractivity contribution in [3.05, 3.63) is 119 Å². The predicted molar refractivity (Wildman–Crippen MR) is 225 cm³/mol. The van der Waals surface area contributed by atoms with E-state index in [0.29, 0.717) is 24.5 Å². The van der Waals surface area contributed by atoms with Gasteiger partial charge in [0.25, 0.3) is 0 Å². The van der Waals surface area contributed by atoms with Crippen LogP contribution in [0.1, 0.15) is 45.7 Å². The minimum Gasteiger partial charge on any atom is -0.454 e. The van der Waals surface area contributed by atoms with E-state index < -0.39 is 6.04 Å². The highest BCUT2D eigenvalue weighted by Gasteiger charge is 2.48. The Labute approximate surface area is 344 Å². The maximum absolute atomic E-state index is 13.1. The van der Waals surface area contributed by atoms with Crippen molar-refractivity contribution in [3.8, 4) is 23.0 Å². The zero-order chi connectivity index (χ0) is 39.4. The van der Waals surface area contributed by atoms with Gasteiger partial charge in [-0.15, -0.1) is 0 Å². The predicted octanol–water partition coefficient (Wildman–Crippen LogP) is 6.02. The number of benzene rings is 4. The molecule has 58 heavy (non-hydrogen) atoms. The van der Waals surface area contributed by atoms with E-state index in [0.717, 1.165) is 66.7 Å². The number of fused-ring (bicyclic) bond motifs is 10. The number of hydrogen-bond acceptors (Lipinski definition) is 8. The Morgan fingerprint density at radius 1 is 0.603 bits per heavy atom. The molecule has 2 aromatic heterocycles. The average Bonchev–Trinajstić information content (AvgIpc) is 4.05. The number of nitrogens with one attached hydrogen (secondary N) is 2. The Morgan fingerprint density at radius 3 is 1.71 bits per heavy atom. The normalized spacial score (nSPS) is 22.8. The van der Waals surface area contributed by atoms with Crippen LogP contribution in [0.2, 0.25) is 0 Å². The number of ether oxygens (including phenoxy) is 4. The summed E-state index contributed by atoms with van der Waals surface area (Å²) in [5, 5.41) is 2.36. The third kappa shape index (κ3) is 5.31. The Balaban J connectivity index is 0.000000133. The van der Waals surface area contributed by atoms with Crippen molar-refractivity contribution in [1.29, 1.82) is 0 Å². The fraction of sp³-hybridized carbons (Fsp3) is 0.273. The number of likely N-dealkylation sites (N-methyl/N-ethyl adjacent to an activating group) is 2. The molecule has 8 heterocycles. The van der Waals surface area contributed by atoms with Gasteiger partial charge < -0.3 is 48.5 Å². The number of thiocarbonyl (C=S) groups is 2. The van der Waals surface area contributed by atoms with Crippen LogP contribution in [-0.2, 0) is 22.4 Å². The quantitative estimate of drug-likeness (QED) is 0.201. The Morgan fingerprint density at radius 2 is 1.12 bits per heavy atom. The number of amides is 2. The van der Waals surface area contributed by atoms with Gasteiger partial charge in [-0.25, -0.2) is 0 Å². The first-order valence-electron chi connectivity index (χ1n) is 19.3. The van der Waals surface area contributed by atoms with Gasteiger partial charge in [0.05, 0.1) is 36.2 Å². The number of carbonyl (C=O) groups is 2. The van der Waals surface area contributed by atoms with Crippen LogP contribution in [0.4, 0.5) is 0 Å². The molecule has 0 unspecified atom stereocenters. The highest BCUT2D eigenvalue weighted by atomic mass is 32.1. The molecule has 0 spiro atoms. The zero-order valence-electron chi connectivity index (χ0n) is 31.7. The summed E-state index contributed by atoms with van der Waals surface area (Å²) < 4.78 is 22.2. The second kappa shape index (κ2) is 13.2. The molecule has 12 nitrogen and oxygen atoms in total. The highest BCUT2D eigenvalue weighted by molar-refractivity contribution is 7.81. The van der Waals surface area contributed by atoms with E-state index in [1.165, 1.54) is 21.5 Å². The van der Waals surface area contributed by atoms with E-state index in [4.69, 9.17) is 43.4 Å². The summed E-state index contributed by atoms with van der Waals surface area (Å²) in [6.07, 6.45) is 1.36. The molecule has 12 rings (SSSR count). The number of aromatic amines is 2. The molecule has 6 aromatic rings. The molecule has 0 radical (unpaired) electrons. The van der Waals surface area contributed by atoms with Crippen LogP contribution in [0.5, 0.6) is 23.0 Å². The topological polar surface area (TPSA) is 116 Å². The summed E-state index contributed by atoms with van der Waals surface area (Å²) in [7, 11) is 3.73. The van der Waals surface area contributed by atoms with Gasteiger partial charge in [0.15, 0.2) is 23.0 Å². The molecule has 0 saturated carbocycles. The SMILES string of the molecule is CN1CC(=O)N2[C@H](c3ccc4c(c3)OCO4)c3[nH]c4ccccc4c3C[C@@H]2C1=O.CN1CC(=S)N2[C@H](c3ccc4c(c3)OCO4)c3[nH]c4ccccc4c3C[C@@H]2C1=S. The van der Waals surface area contributed by atoms with Crippen molar-refractivity contribution in [3.63, 3.8) is 0 Å². The van der Waals surface area contributed by atoms with Crippen molar-refractivity contribution in [2.24, 2.45) is 0 Å².